The Morgan fingerprint density at radius 2 is 2.00 bits per heavy atom. The average Bonchev–Trinajstić information content (AvgIpc) is 2.53. The first-order valence-corrected chi connectivity index (χ1v) is 7.26. The fourth-order valence-corrected chi connectivity index (χ4v) is 2.54. The number of aromatic nitrogens is 3. The van der Waals surface area contributed by atoms with Gasteiger partial charge in [0.15, 0.2) is 0 Å². The molecule has 0 spiro atoms. The van der Waals surface area contributed by atoms with Crippen LogP contribution in [0.1, 0.15) is 0 Å². The molecule has 21 heavy (non-hydrogen) atoms. The number of hydrogen-bond donors (Lipinski definition) is 1. The molecule has 3 rings (SSSR count). The van der Waals surface area contributed by atoms with Crippen LogP contribution in [-0.4, -0.2) is 29.0 Å². The van der Waals surface area contributed by atoms with E-state index in [4.69, 9.17) is 0 Å². The summed E-state index contributed by atoms with van der Waals surface area (Å²) in [4.78, 5) is 15.1. The van der Waals surface area contributed by atoms with E-state index in [1.807, 2.05) is 49.3 Å². The lowest BCUT2D eigenvalue weighted by Gasteiger charge is -2.20. The predicted molar refractivity (Wildman–Crippen MR) is 89.1 cm³/mol. The molecule has 2 heterocycles. The van der Waals surface area contributed by atoms with Crippen molar-refractivity contribution in [3.8, 4) is 0 Å². The van der Waals surface area contributed by atoms with Gasteiger partial charge in [-0.2, -0.15) is 0 Å². The van der Waals surface area contributed by atoms with E-state index in [0.29, 0.717) is 0 Å². The number of pyridine rings is 1. The number of benzene rings is 1. The van der Waals surface area contributed by atoms with Gasteiger partial charge in [0, 0.05) is 36.5 Å². The zero-order valence-electron chi connectivity index (χ0n) is 11.7. The number of nitrogens with zero attached hydrogens (tertiary/aromatic N) is 4. The van der Waals surface area contributed by atoms with E-state index in [-0.39, 0.29) is 0 Å². The van der Waals surface area contributed by atoms with Crippen LogP contribution in [0.5, 0.6) is 0 Å². The summed E-state index contributed by atoms with van der Waals surface area (Å²) in [6.45, 7) is 0. The van der Waals surface area contributed by atoms with Gasteiger partial charge in [-0.25, -0.2) is 15.0 Å². The van der Waals surface area contributed by atoms with E-state index in [1.165, 1.54) is 0 Å². The van der Waals surface area contributed by atoms with Crippen LogP contribution >= 0.6 is 15.9 Å². The molecule has 0 aliphatic carbocycles. The van der Waals surface area contributed by atoms with Gasteiger partial charge in [0.2, 0.25) is 0 Å². The van der Waals surface area contributed by atoms with E-state index in [2.05, 4.69) is 36.2 Å². The predicted octanol–water partition coefficient (Wildman–Crippen LogP) is 3.60. The van der Waals surface area contributed by atoms with Crippen LogP contribution in [0.2, 0.25) is 0 Å². The number of anilines is 3. The van der Waals surface area contributed by atoms with Crippen LogP contribution < -0.4 is 10.2 Å². The largest absolute Gasteiger partial charge is 0.373 e. The van der Waals surface area contributed by atoms with Crippen molar-refractivity contribution >= 4 is 44.2 Å². The highest BCUT2D eigenvalue weighted by Crippen LogP contribution is 2.29. The maximum absolute atomic E-state index is 4.41. The third kappa shape index (κ3) is 2.67. The van der Waals surface area contributed by atoms with Gasteiger partial charge < -0.3 is 10.2 Å². The maximum atomic E-state index is 4.41. The van der Waals surface area contributed by atoms with Gasteiger partial charge in [0.05, 0.1) is 10.9 Å². The molecule has 106 valence electrons. The SMILES string of the molecule is CNc1cc2ncnc(N(C)c3cccc(Br)c3)c2cn1. The summed E-state index contributed by atoms with van der Waals surface area (Å²) >= 11 is 3.49. The summed E-state index contributed by atoms with van der Waals surface area (Å²) in [5.74, 6) is 1.62. The van der Waals surface area contributed by atoms with Crippen LogP contribution in [0.4, 0.5) is 17.3 Å². The lowest BCUT2D eigenvalue weighted by atomic mass is 10.2. The average molecular weight is 344 g/mol. The Kier molecular flexibility index (Phi) is 3.70. The van der Waals surface area contributed by atoms with Crippen LogP contribution in [0.15, 0.2) is 47.3 Å². The molecule has 0 saturated carbocycles. The molecule has 0 aliphatic rings. The molecule has 0 saturated heterocycles. The van der Waals surface area contributed by atoms with Crippen LogP contribution in [0.25, 0.3) is 10.9 Å². The van der Waals surface area contributed by atoms with E-state index in [9.17, 15) is 0 Å². The first-order chi connectivity index (χ1) is 10.2. The van der Waals surface area contributed by atoms with Crippen molar-refractivity contribution in [2.45, 2.75) is 0 Å². The first kappa shape index (κ1) is 13.8. The molecule has 0 aliphatic heterocycles. The summed E-state index contributed by atoms with van der Waals surface area (Å²) in [5, 5.41) is 3.93. The molecule has 0 fully saturated rings. The zero-order valence-corrected chi connectivity index (χ0v) is 13.3. The standard InChI is InChI=1S/C15H14BrN5/c1-17-14-7-13-12(8-18-14)15(20-9-19-13)21(2)11-5-3-4-10(16)6-11/h3-9H,1-2H3,(H,17,18). The molecule has 6 heteroatoms. The number of fused-ring (bicyclic) bond motifs is 1. The number of rotatable bonds is 3. The van der Waals surface area contributed by atoms with Crippen molar-refractivity contribution in [3.05, 3.63) is 47.3 Å². The summed E-state index contributed by atoms with van der Waals surface area (Å²) in [5.41, 5.74) is 1.91. The van der Waals surface area contributed by atoms with Gasteiger partial charge in [-0.05, 0) is 18.2 Å². The third-order valence-corrected chi connectivity index (χ3v) is 3.76. The first-order valence-electron chi connectivity index (χ1n) is 6.47. The Labute approximate surface area is 131 Å². The Hall–Kier alpha value is -2.21. The van der Waals surface area contributed by atoms with E-state index in [1.54, 1.807) is 12.5 Å². The normalized spacial score (nSPS) is 10.6. The highest BCUT2D eigenvalue weighted by molar-refractivity contribution is 9.10. The minimum Gasteiger partial charge on any atom is -0.373 e. The summed E-state index contributed by atoms with van der Waals surface area (Å²) in [6.07, 6.45) is 3.37. The lowest BCUT2D eigenvalue weighted by molar-refractivity contribution is 1.10. The smallest absolute Gasteiger partial charge is 0.145 e. The van der Waals surface area contributed by atoms with Crippen molar-refractivity contribution < 1.29 is 0 Å². The van der Waals surface area contributed by atoms with Gasteiger partial charge in [0.1, 0.15) is 18.0 Å². The quantitative estimate of drug-likeness (QED) is 0.787. The Balaban J connectivity index is 2.11. The van der Waals surface area contributed by atoms with E-state index in [0.717, 1.165) is 32.7 Å². The second-order valence-electron chi connectivity index (χ2n) is 4.57. The zero-order chi connectivity index (χ0) is 14.8. The molecule has 0 amide bonds. The molecule has 2 aromatic heterocycles. The summed E-state index contributed by atoms with van der Waals surface area (Å²) < 4.78 is 1.03. The Bertz CT molecular complexity index is 790. The van der Waals surface area contributed by atoms with Crippen molar-refractivity contribution in [2.24, 2.45) is 0 Å². The second kappa shape index (κ2) is 5.65. The Morgan fingerprint density at radius 3 is 2.76 bits per heavy atom. The summed E-state index contributed by atoms with van der Waals surface area (Å²) in [6, 6.07) is 9.99. The van der Waals surface area contributed by atoms with Crippen LogP contribution in [-0.2, 0) is 0 Å². The number of hydrogen-bond acceptors (Lipinski definition) is 5. The van der Waals surface area contributed by atoms with Gasteiger partial charge in [-0.3, -0.25) is 0 Å². The van der Waals surface area contributed by atoms with Crippen molar-refractivity contribution in [2.75, 3.05) is 24.3 Å². The molecule has 1 N–H and O–H groups in total. The van der Waals surface area contributed by atoms with E-state index < -0.39 is 0 Å². The van der Waals surface area contributed by atoms with Gasteiger partial charge in [-0.1, -0.05) is 22.0 Å². The molecular weight excluding hydrogens is 330 g/mol. The Morgan fingerprint density at radius 1 is 1.14 bits per heavy atom. The second-order valence-corrected chi connectivity index (χ2v) is 5.49. The number of halogens is 1. The molecule has 5 nitrogen and oxygen atoms in total. The molecule has 3 aromatic rings. The number of nitrogens with one attached hydrogen (secondary N) is 1. The fraction of sp³-hybridized carbons (Fsp3) is 0.133. The lowest BCUT2D eigenvalue weighted by Crippen LogP contribution is -2.12. The summed E-state index contributed by atoms with van der Waals surface area (Å²) in [7, 11) is 3.82. The van der Waals surface area contributed by atoms with Crippen molar-refractivity contribution in [1.29, 1.82) is 0 Å². The molecule has 0 unspecified atom stereocenters. The third-order valence-electron chi connectivity index (χ3n) is 3.27. The fourth-order valence-electron chi connectivity index (χ4n) is 2.15. The maximum Gasteiger partial charge on any atom is 0.145 e. The van der Waals surface area contributed by atoms with E-state index >= 15 is 0 Å². The van der Waals surface area contributed by atoms with Crippen LogP contribution in [0.3, 0.4) is 0 Å². The molecule has 0 atom stereocenters. The molecule has 0 bridgehead atoms. The van der Waals surface area contributed by atoms with Gasteiger partial charge >= 0.3 is 0 Å². The monoisotopic (exact) mass is 343 g/mol. The molecular formula is C15H14BrN5. The topological polar surface area (TPSA) is 53.9 Å². The van der Waals surface area contributed by atoms with Crippen molar-refractivity contribution in [3.63, 3.8) is 0 Å². The minimum absolute atomic E-state index is 0.789. The highest BCUT2D eigenvalue weighted by atomic mass is 79.9. The van der Waals surface area contributed by atoms with Gasteiger partial charge in [-0.15, -0.1) is 0 Å². The molecule has 0 radical (unpaired) electrons. The highest BCUT2D eigenvalue weighted by Gasteiger charge is 2.11. The van der Waals surface area contributed by atoms with Gasteiger partial charge in [0.25, 0.3) is 0 Å². The molecule has 1 aromatic carbocycles. The minimum atomic E-state index is 0.789. The van der Waals surface area contributed by atoms with Crippen molar-refractivity contribution in [1.82, 2.24) is 15.0 Å². The van der Waals surface area contributed by atoms with Crippen LogP contribution in [0, 0.1) is 0 Å².